The minimum Gasteiger partial charge on any atom is -0.327 e. The minimum absolute atomic E-state index is 0.246. The number of alkyl halides is 3. The summed E-state index contributed by atoms with van der Waals surface area (Å²) in [6.07, 6.45) is -0.849. The Morgan fingerprint density at radius 3 is 2.82 bits per heavy atom. The first kappa shape index (κ1) is 15.8. The third-order valence-electron chi connectivity index (χ3n) is 2.96. The normalized spacial score (nSPS) is 12.9. The summed E-state index contributed by atoms with van der Waals surface area (Å²) in [5.74, 6) is -1.14. The fourth-order valence-corrected chi connectivity index (χ4v) is 1.77. The average Bonchev–Trinajstić information content (AvgIpc) is 2.92. The number of pyridine rings is 1. The number of H-pyrrole nitrogens is 1. The maximum absolute atomic E-state index is 12.6. The highest BCUT2D eigenvalue weighted by atomic mass is 19.4. The first-order valence-electron chi connectivity index (χ1n) is 6.35. The highest BCUT2D eigenvalue weighted by Crippen LogP contribution is 2.29. The van der Waals surface area contributed by atoms with Crippen LogP contribution in [0.5, 0.6) is 0 Å². The van der Waals surface area contributed by atoms with E-state index in [0.29, 0.717) is 12.3 Å². The molecule has 2 aromatic rings. The van der Waals surface area contributed by atoms with E-state index in [-0.39, 0.29) is 6.54 Å². The lowest BCUT2D eigenvalue weighted by Crippen LogP contribution is -2.28. The topological polar surface area (TPSA) is 79.8 Å². The molecule has 0 spiro atoms. The van der Waals surface area contributed by atoms with Gasteiger partial charge in [-0.25, -0.2) is 0 Å². The Kier molecular flexibility index (Phi) is 4.34. The number of hydrogen-bond acceptors (Lipinski definition) is 3. The molecular formula is C13H13F3N4O2. The first-order valence-corrected chi connectivity index (χ1v) is 6.35. The number of carbonyl (C=O) groups is 1. The Morgan fingerprint density at radius 1 is 1.50 bits per heavy atom. The zero-order chi connectivity index (χ0) is 16.3. The maximum atomic E-state index is 12.6. The molecule has 2 heterocycles. The number of rotatable bonds is 4. The Hall–Kier alpha value is -2.58. The predicted octanol–water partition coefficient (Wildman–Crippen LogP) is 1.86. The van der Waals surface area contributed by atoms with Gasteiger partial charge in [-0.1, -0.05) is 6.92 Å². The maximum Gasteiger partial charge on any atom is 0.417 e. The number of hydrogen-bond donors (Lipinski definition) is 2. The molecule has 0 aromatic carbocycles. The van der Waals surface area contributed by atoms with Crippen molar-refractivity contribution in [2.75, 3.05) is 5.32 Å². The van der Waals surface area contributed by atoms with Crippen molar-refractivity contribution in [3.8, 4) is 0 Å². The fourth-order valence-electron chi connectivity index (χ4n) is 1.77. The molecule has 0 aliphatic rings. The highest BCUT2D eigenvalue weighted by molar-refractivity contribution is 5.92. The second-order valence-corrected chi connectivity index (χ2v) is 4.75. The third-order valence-corrected chi connectivity index (χ3v) is 2.96. The standard InChI is InChI=1S/C13H13F3N4O2/c1-8(7-20-4-2-3-18-20)11(21)19-10-5-9(13(14,15)16)6-17-12(10)22/h2-6,8H,7H2,1H3,(H,17,22)(H,19,21). The number of halogens is 3. The van der Waals surface area contributed by atoms with Crippen LogP contribution in [0.3, 0.4) is 0 Å². The van der Waals surface area contributed by atoms with Gasteiger partial charge in [-0.3, -0.25) is 14.3 Å². The van der Waals surface area contributed by atoms with Crippen molar-refractivity contribution in [3.63, 3.8) is 0 Å². The molecule has 0 saturated heterocycles. The second-order valence-electron chi connectivity index (χ2n) is 4.75. The van der Waals surface area contributed by atoms with E-state index >= 15 is 0 Å². The van der Waals surface area contributed by atoms with Gasteiger partial charge < -0.3 is 10.3 Å². The number of amides is 1. The van der Waals surface area contributed by atoms with Crippen LogP contribution in [-0.2, 0) is 17.5 Å². The predicted molar refractivity (Wildman–Crippen MR) is 72.1 cm³/mol. The van der Waals surface area contributed by atoms with Gasteiger partial charge in [0.15, 0.2) is 0 Å². The zero-order valence-electron chi connectivity index (χ0n) is 11.5. The smallest absolute Gasteiger partial charge is 0.327 e. The van der Waals surface area contributed by atoms with Crippen LogP contribution >= 0.6 is 0 Å². The van der Waals surface area contributed by atoms with Crippen molar-refractivity contribution in [1.82, 2.24) is 14.8 Å². The highest BCUT2D eigenvalue weighted by Gasteiger charge is 2.31. The number of nitrogens with zero attached hydrogens (tertiary/aromatic N) is 2. The number of nitrogens with one attached hydrogen (secondary N) is 2. The molecule has 2 rings (SSSR count). The molecule has 9 heteroatoms. The summed E-state index contributed by atoms with van der Waals surface area (Å²) < 4.78 is 39.3. The van der Waals surface area contributed by atoms with Gasteiger partial charge in [-0.15, -0.1) is 0 Å². The van der Waals surface area contributed by atoms with E-state index in [9.17, 15) is 22.8 Å². The summed E-state index contributed by atoms with van der Waals surface area (Å²) in [5.41, 5.74) is -2.28. The van der Waals surface area contributed by atoms with Crippen LogP contribution in [0, 0.1) is 5.92 Å². The van der Waals surface area contributed by atoms with E-state index in [1.165, 1.54) is 4.68 Å². The van der Waals surface area contributed by atoms with E-state index in [1.807, 2.05) is 4.98 Å². The Morgan fingerprint density at radius 2 is 2.23 bits per heavy atom. The zero-order valence-corrected chi connectivity index (χ0v) is 11.5. The van der Waals surface area contributed by atoms with Gasteiger partial charge in [-0.2, -0.15) is 18.3 Å². The summed E-state index contributed by atoms with van der Waals surface area (Å²) in [7, 11) is 0. The van der Waals surface area contributed by atoms with Crippen LogP contribution in [0.2, 0.25) is 0 Å². The molecule has 0 saturated carbocycles. The first-order chi connectivity index (χ1) is 10.3. The molecule has 2 N–H and O–H groups in total. The minimum atomic E-state index is -4.61. The molecule has 0 aliphatic carbocycles. The van der Waals surface area contributed by atoms with Crippen molar-refractivity contribution in [3.05, 3.63) is 46.6 Å². The third kappa shape index (κ3) is 3.74. The van der Waals surface area contributed by atoms with Crippen molar-refractivity contribution in [1.29, 1.82) is 0 Å². The van der Waals surface area contributed by atoms with Crippen molar-refractivity contribution >= 4 is 11.6 Å². The molecule has 118 valence electrons. The monoisotopic (exact) mass is 314 g/mol. The largest absolute Gasteiger partial charge is 0.417 e. The lowest BCUT2D eigenvalue weighted by atomic mass is 10.1. The summed E-state index contributed by atoms with van der Waals surface area (Å²) >= 11 is 0. The van der Waals surface area contributed by atoms with Gasteiger partial charge in [0.05, 0.1) is 18.0 Å². The molecule has 0 aliphatic heterocycles. The lowest BCUT2D eigenvalue weighted by molar-refractivity contribution is -0.137. The van der Waals surface area contributed by atoms with E-state index < -0.39 is 34.8 Å². The van der Waals surface area contributed by atoms with Gasteiger partial charge in [-0.05, 0) is 12.1 Å². The summed E-state index contributed by atoms with van der Waals surface area (Å²) in [6.45, 7) is 1.83. The van der Waals surface area contributed by atoms with Gasteiger partial charge in [0, 0.05) is 18.6 Å². The Bertz CT molecular complexity index is 707. The van der Waals surface area contributed by atoms with Gasteiger partial charge in [0.25, 0.3) is 5.56 Å². The van der Waals surface area contributed by atoms with Crippen LogP contribution in [0.4, 0.5) is 18.9 Å². The van der Waals surface area contributed by atoms with Gasteiger partial charge in [0.1, 0.15) is 5.69 Å². The van der Waals surface area contributed by atoms with Gasteiger partial charge in [0.2, 0.25) is 5.91 Å². The molecule has 0 bridgehead atoms. The van der Waals surface area contributed by atoms with Gasteiger partial charge >= 0.3 is 6.18 Å². The van der Waals surface area contributed by atoms with Crippen molar-refractivity contribution < 1.29 is 18.0 Å². The van der Waals surface area contributed by atoms with E-state index in [0.717, 1.165) is 0 Å². The number of aromatic amines is 1. The van der Waals surface area contributed by atoms with Crippen molar-refractivity contribution in [2.45, 2.75) is 19.6 Å². The van der Waals surface area contributed by atoms with Crippen LogP contribution in [-0.4, -0.2) is 20.7 Å². The van der Waals surface area contributed by atoms with Crippen molar-refractivity contribution in [2.24, 2.45) is 5.92 Å². The Labute approximate surface area is 123 Å². The van der Waals surface area contributed by atoms with Crippen LogP contribution in [0.15, 0.2) is 35.5 Å². The second kappa shape index (κ2) is 6.04. The summed E-state index contributed by atoms with van der Waals surface area (Å²) in [4.78, 5) is 25.4. The summed E-state index contributed by atoms with van der Waals surface area (Å²) in [5, 5.41) is 6.14. The number of carbonyl (C=O) groups excluding carboxylic acids is 1. The molecule has 2 aromatic heterocycles. The molecule has 1 atom stereocenters. The van der Waals surface area contributed by atoms with Crippen LogP contribution < -0.4 is 10.9 Å². The van der Waals surface area contributed by atoms with E-state index in [2.05, 4.69) is 10.4 Å². The molecule has 1 amide bonds. The SMILES string of the molecule is CC(Cn1cccn1)C(=O)Nc1cc(C(F)(F)F)c[nH]c1=O. The molecule has 0 fully saturated rings. The molecule has 22 heavy (non-hydrogen) atoms. The van der Waals surface area contributed by atoms with Crippen LogP contribution in [0.25, 0.3) is 0 Å². The fraction of sp³-hybridized carbons (Fsp3) is 0.308. The number of aromatic nitrogens is 3. The van der Waals surface area contributed by atoms with E-state index in [4.69, 9.17) is 0 Å². The summed E-state index contributed by atoms with van der Waals surface area (Å²) in [6, 6.07) is 2.29. The quantitative estimate of drug-likeness (QED) is 0.904. The molecule has 1 unspecified atom stereocenters. The van der Waals surface area contributed by atoms with Crippen LogP contribution in [0.1, 0.15) is 12.5 Å². The van der Waals surface area contributed by atoms with E-state index in [1.54, 1.807) is 25.4 Å². The average molecular weight is 314 g/mol. The lowest BCUT2D eigenvalue weighted by Gasteiger charge is -2.13. The Balaban J connectivity index is 2.12. The molecular weight excluding hydrogens is 301 g/mol. The number of anilines is 1. The molecule has 6 nitrogen and oxygen atoms in total. The molecule has 0 radical (unpaired) electrons.